The van der Waals surface area contributed by atoms with Gasteiger partial charge in [0.2, 0.25) is 5.91 Å². The molecule has 0 bridgehead atoms. The molecule has 8 heteroatoms. The van der Waals surface area contributed by atoms with Crippen LogP contribution < -0.4 is 10.6 Å². The molecule has 0 radical (unpaired) electrons. The lowest BCUT2D eigenvalue weighted by atomic mass is 9.91. The van der Waals surface area contributed by atoms with Gasteiger partial charge >= 0.3 is 6.03 Å². The number of hydrogen-bond donors (Lipinski definition) is 2. The fraction of sp³-hybridized carbons (Fsp3) is 0.222. The van der Waals surface area contributed by atoms with Crippen molar-refractivity contribution in [1.29, 1.82) is 5.26 Å². The molecule has 1 aromatic carbocycles. The first kappa shape index (κ1) is 17.6. The summed E-state index contributed by atoms with van der Waals surface area (Å²) >= 11 is 1.20. The highest BCUT2D eigenvalue weighted by atomic mass is 32.1. The van der Waals surface area contributed by atoms with Crippen LogP contribution in [-0.4, -0.2) is 29.3 Å². The molecular formula is C18H16N4O3S. The smallest absolute Gasteiger partial charge is 0.319 e. The highest BCUT2D eigenvalue weighted by Crippen LogP contribution is 2.29. The molecule has 2 heterocycles. The Morgan fingerprint density at radius 2 is 2.00 bits per heavy atom. The summed E-state index contributed by atoms with van der Waals surface area (Å²) in [5, 5.41) is 16.3. The molecular weight excluding hydrogens is 352 g/mol. The summed E-state index contributed by atoms with van der Waals surface area (Å²) in [7, 11) is 0. The van der Waals surface area contributed by atoms with Gasteiger partial charge in [0.15, 0.2) is 0 Å². The number of benzene rings is 1. The summed E-state index contributed by atoms with van der Waals surface area (Å²) < 4.78 is 0. The number of urea groups is 1. The van der Waals surface area contributed by atoms with Crippen LogP contribution in [0.25, 0.3) is 0 Å². The number of thiophene rings is 1. The number of nitriles is 1. The van der Waals surface area contributed by atoms with Gasteiger partial charge in [0.05, 0.1) is 5.56 Å². The van der Waals surface area contributed by atoms with Crippen LogP contribution in [0.4, 0.5) is 9.80 Å². The van der Waals surface area contributed by atoms with Gasteiger partial charge in [0, 0.05) is 0 Å². The molecule has 0 saturated carbocycles. The minimum absolute atomic E-state index is 0.338. The van der Waals surface area contributed by atoms with Crippen LogP contribution in [0.5, 0.6) is 0 Å². The van der Waals surface area contributed by atoms with Gasteiger partial charge < -0.3 is 10.6 Å². The van der Waals surface area contributed by atoms with E-state index in [0.717, 1.165) is 10.5 Å². The fourth-order valence-electron chi connectivity index (χ4n) is 2.73. The van der Waals surface area contributed by atoms with E-state index in [-0.39, 0.29) is 0 Å². The normalized spacial score (nSPS) is 19.2. The Morgan fingerprint density at radius 3 is 2.65 bits per heavy atom. The molecule has 2 N–H and O–H groups in total. The molecule has 3 rings (SSSR count). The first-order valence-electron chi connectivity index (χ1n) is 7.84. The van der Waals surface area contributed by atoms with Gasteiger partial charge in [0.1, 0.15) is 23.2 Å². The maximum atomic E-state index is 12.8. The molecule has 4 amide bonds. The molecule has 2 aromatic rings. The number of nitrogens with one attached hydrogen (secondary N) is 2. The molecule has 1 unspecified atom stereocenters. The van der Waals surface area contributed by atoms with Crippen LogP contribution in [0.15, 0.2) is 35.7 Å². The minimum atomic E-state index is -1.22. The number of nitrogens with zero attached hydrogens (tertiary/aromatic N) is 2. The third-order valence-corrected chi connectivity index (χ3v) is 5.07. The van der Waals surface area contributed by atoms with E-state index in [1.807, 2.05) is 25.1 Å². The predicted molar refractivity (Wildman–Crippen MR) is 96.4 cm³/mol. The van der Waals surface area contributed by atoms with Crippen molar-refractivity contribution >= 4 is 34.2 Å². The van der Waals surface area contributed by atoms with Gasteiger partial charge in [-0.25, -0.2) is 4.79 Å². The Kier molecular flexibility index (Phi) is 4.49. The SMILES string of the molecule is Cc1ccc(C2(C)NC(=O)N(CC(=O)Nc3sccc3C#N)C2=O)cc1. The lowest BCUT2D eigenvalue weighted by molar-refractivity contribution is -0.133. The van der Waals surface area contributed by atoms with E-state index >= 15 is 0 Å². The van der Waals surface area contributed by atoms with Crippen LogP contribution in [0.2, 0.25) is 0 Å². The summed E-state index contributed by atoms with van der Waals surface area (Å²) in [4.78, 5) is 38.2. The molecule has 7 nitrogen and oxygen atoms in total. The zero-order chi connectivity index (χ0) is 18.9. The number of imide groups is 1. The molecule has 1 fully saturated rings. The van der Waals surface area contributed by atoms with Crippen molar-refractivity contribution in [3.05, 3.63) is 52.4 Å². The highest BCUT2D eigenvalue weighted by Gasteiger charge is 2.49. The summed E-state index contributed by atoms with van der Waals surface area (Å²) in [5.74, 6) is -1.03. The minimum Gasteiger partial charge on any atom is -0.319 e. The van der Waals surface area contributed by atoms with Crippen LogP contribution in [0, 0.1) is 18.3 Å². The van der Waals surface area contributed by atoms with Crippen molar-refractivity contribution in [2.75, 3.05) is 11.9 Å². The molecule has 1 aliphatic rings. The number of rotatable bonds is 4. The predicted octanol–water partition coefficient (Wildman–Crippen LogP) is 2.33. The van der Waals surface area contributed by atoms with Crippen molar-refractivity contribution in [2.45, 2.75) is 19.4 Å². The maximum Gasteiger partial charge on any atom is 0.325 e. The number of amides is 4. The molecule has 1 aliphatic heterocycles. The van der Waals surface area contributed by atoms with E-state index in [2.05, 4.69) is 10.6 Å². The molecule has 26 heavy (non-hydrogen) atoms. The van der Waals surface area contributed by atoms with Crippen molar-refractivity contribution in [3.8, 4) is 6.07 Å². The van der Waals surface area contributed by atoms with Gasteiger partial charge in [-0.2, -0.15) is 5.26 Å². The van der Waals surface area contributed by atoms with E-state index in [0.29, 0.717) is 16.1 Å². The van der Waals surface area contributed by atoms with E-state index in [4.69, 9.17) is 5.26 Å². The number of carbonyl (C=O) groups excluding carboxylic acids is 3. The van der Waals surface area contributed by atoms with Gasteiger partial charge in [0.25, 0.3) is 5.91 Å². The quantitative estimate of drug-likeness (QED) is 0.809. The van der Waals surface area contributed by atoms with Gasteiger partial charge in [-0.1, -0.05) is 29.8 Å². The molecule has 1 aromatic heterocycles. The van der Waals surface area contributed by atoms with Crippen molar-refractivity contribution < 1.29 is 14.4 Å². The second kappa shape index (κ2) is 6.61. The van der Waals surface area contributed by atoms with Gasteiger partial charge in [-0.3, -0.25) is 14.5 Å². The summed E-state index contributed by atoms with van der Waals surface area (Å²) in [5.41, 5.74) is 0.806. The average Bonchev–Trinajstić information content (AvgIpc) is 3.13. The Labute approximate surface area is 154 Å². The van der Waals surface area contributed by atoms with Crippen molar-refractivity contribution in [2.24, 2.45) is 0 Å². The monoisotopic (exact) mass is 368 g/mol. The fourth-order valence-corrected chi connectivity index (χ4v) is 3.48. The Balaban J connectivity index is 1.76. The number of hydrogen-bond acceptors (Lipinski definition) is 5. The zero-order valence-electron chi connectivity index (χ0n) is 14.2. The first-order chi connectivity index (χ1) is 12.3. The third-order valence-electron chi connectivity index (χ3n) is 4.24. The molecule has 1 saturated heterocycles. The van der Waals surface area contributed by atoms with Gasteiger partial charge in [-0.05, 0) is 30.9 Å². The topological polar surface area (TPSA) is 102 Å². The Morgan fingerprint density at radius 1 is 1.31 bits per heavy atom. The Hall–Kier alpha value is -3.18. The number of carbonyl (C=O) groups is 3. The molecule has 132 valence electrons. The van der Waals surface area contributed by atoms with Crippen molar-refractivity contribution in [1.82, 2.24) is 10.2 Å². The standard InChI is InChI=1S/C18H16N4O3S/c1-11-3-5-13(6-4-11)18(2)16(24)22(17(25)21-18)10-14(23)20-15-12(9-19)7-8-26-15/h3-8H,10H2,1-2H3,(H,20,23)(H,21,25). The second-order valence-corrected chi connectivity index (χ2v) is 7.05. The largest absolute Gasteiger partial charge is 0.325 e. The third kappa shape index (κ3) is 3.05. The number of aryl methyl sites for hydroxylation is 1. The van der Waals surface area contributed by atoms with Gasteiger partial charge in [-0.15, -0.1) is 11.3 Å². The average molecular weight is 368 g/mol. The number of anilines is 1. The lowest BCUT2D eigenvalue weighted by Crippen LogP contribution is -2.42. The van der Waals surface area contributed by atoms with Crippen LogP contribution in [-0.2, 0) is 15.1 Å². The molecule has 0 aliphatic carbocycles. The van der Waals surface area contributed by atoms with E-state index in [1.54, 1.807) is 30.5 Å². The lowest BCUT2D eigenvalue weighted by Gasteiger charge is -2.22. The maximum absolute atomic E-state index is 12.8. The van der Waals surface area contributed by atoms with Crippen LogP contribution >= 0.6 is 11.3 Å². The highest BCUT2D eigenvalue weighted by molar-refractivity contribution is 7.14. The summed E-state index contributed by atoms with van der Waals surface area (Å²) in [6.07, 6.45) is 0. The van der Waals surface area contributed by atoms with E-state index < -0.39 is 29.9 Å². The zero-order valence-corrected chi connectivity index (χ0v) is 15.0. The molecule has 0 spiro atoms. The van der Waals surface area contributed by atoms with Crippen LogP contribution in [0.1, 0.15) is 23.6 Å². The summed E-state index contributed by atoms with van der Waals surface area (Å²) in [6.45, 7) is 3.12. The Bertz CT molecular complexity index is 929. The van der Waals surface area contributed by atoms with Crippen molar-refractivity contribution in [3.63, 3.8) is 0 Å². The van der Waals surface area contributed by atoms with E-state index in [9.17, 15) is 14.4 Å². The second-order valence-electron chi connectivity index (χ2n) is 6.14. The first-order valence-corrected chi connectivity index (χ1v) is 8.72. The summed E-state index contributed by atoms with van der Waals surface area (Å²) in [6, 6.07) is 10.2. The van der Waals surface area contributed by atoms with Crippen LogP contribution in [0.3, 0.4) is 0 Å². The molecule has 1 atom stereocenters. The van der Waals surface area contributed by atoms with E-state index in [1.165, 1.54) is 11.3 Å².